The molecule has 3 nitrogen and oxygen atoms in total. The van der Waals surface area contributed by atoms with Gasteiger partial charge in [-0.05, 0) is 46.8 Å². The Morgan fingerprint density at radius 3 is 2.26 bits per heavy atom. The summed E-state index contributed by atoms with van der Waals surface area (Å²) in [6.07, 6.45) is -3.94. The van der Waals surface area contributed by atoms with Gasteiger partial charge in [-0.1, -0.05) is 11.6 Å². The zero-order valence-corrected chi connectivity index (χ0v) is 12.4. The first-order chi connectivity index (χ1) is 8.66. The van der Waals surface area contributed by atoms with Crippen molar-refractivity contribution >= 4 is 44.9 Å². The summed E-state index contributed by atoms with van der Waals surface area (Å²) in [5, 5.41) is 3.08. The van der Waals surface area contributed by atoms with Crippen molar-refractivity contribution in [1.29, 1.82) is 0 Å². The smallest absolute Gasteiger partial charge is 0.363 e. The summed E-state index contributed by atoms with van der Waals surface area (Å²) in [7, 11) is 0. The minimum Gasteiger partial charge on any atom is -0.363 e. The number of anilines is 1. The molecule has 9 heteroatoms. The monoisotopic (exact) mass is 375 g/mol. The average molecular weight is 377 g/mol. The zero-order valence-electron chi connectivity index (χ0n) is 9.28. The Kier molecular flexibility index (Phi) is 2.80. The van der Waals surface area contributed by atoms with Crippen molar-refractivity contribution in [3.63, 3.8) is 0 Å². The lowest BCUT2D eigenvalue weighted by atomic mass is 9.39. The molecule has 0 atom stereocenters. The van der Waals surface area contributed by atoms with Crippen LogP contribution in [0.15, 0.2) is 4.47 Å². The normalized spacial score (nSPS) is 32.5. The van der Waals surface area contributed by atoms with Crippen LogP contribution in [-0.4, -0.2) is 21.7 Å². The number of hydrogen-bond acceptors (Lipinski definition) is 3. The Bertz CT molecular complexity index is 544. The van der Waals surface area contributed by atoms with Crippen molar-refractivity contribution in [3.05, 3.63) is 14.9 Å². The van der Waals surface area contributed by atoms with E-state index < -0.39 is 17.1 Å². The standard InChI is InChI=1S/C10H7BrCl2F3N3/c11-4-5(12)17-7(13)18-6(4)19-9-1-8(2-9,3-9)10(14,15)16/h1-3H2,(H,17,18,19). The minimum atomic E-state index is -4.13. The Labute approximate surface area is 125 Å². The molecule has 0 unspecified atom stereocenters. The Balaban J connectivity index is 1.77. The summed E-state index contributed by atoms with van der Waals surface area (Å²) in [6.45, 7) is 0. The molecule has 3 saturated carbocycles. The number of aromatic nitrogens is 2. The summed E-state index contributed by atoms with van der Waals surface area (Å²) in [5.41, 5.74) is -2.05. The fourth-order valence-corrected chi connectivity index (χ4v) is 3.61. The van der Waals surface area contributed by atoms with Crippen LogP contribution in [0.25, 0.3) is 0 Å². The molecule has 1 heterocycles. The van der Waals surface area contributed by atoms with Crippen molar-refractivity contribution < 1.29 is 13.2 Å². The number of nitrogens with one attached hydrogen (secondary N) is 1. The maximum absolute atomic E-state index is 12.7. The van der Waals surface area contributed by atoms with Crippen LogP contribution in [0.1, 0.15) is 19.3 Å². The van der Waals surface area contributed by atoms with Gasteiger partial charge in [-0.2, -0.15) is 18.2 Å². The molecule has 1 aromatic heterocycles. The molecule has 19 heavy (non-hydrogen) atoms. The molecule has 0 aliphatic heterocycles. The highest BCUT2D eigenvalue weighted by Crippen LogP contribution is 2.74. The second kappa shape index (κ2) is 3.89. The number of halogens is 6. The van der Waals surface area contributed by atoms with Crippen LogP contribution in [0.4, 0.5) is 19.0 Å². The van der Waals surface area contributed by atoms with E-state index >= 15 is 0 Å². The molecular formula is C10H7BrCl2F3N3. The van der Waals surface area contributed by atoms with Crippen LogP contribution < -0.4 is 5.32 Å². The number of alkyl halides is 3. The van der Waals surface area contributed by atoms with Gasteiger partial charge in [0.1, 0.15) is 11.0 Å². The molecule has 3 aliphatic rings. The van der Waals surface area contributed by atoms with E-state index in [2.05, 4.69) is 31.2 Å². The SMILES string of the molecule is FC(F)(F)C12CC(Nc3nc(Cl)nc(Cl)c3Br)(C1)C2. The van der Waals surface area contributed by atoms with Crippen molar-refractivity contribution in [3.8, 4) is 0 Å². The molecule has 0 radical (unpaired) electrons. The van der Waals surface area contributed by atoms with Gasteiger partial charge in [0.15, 0.2) is 0 Å². The van der Waals surface area contributed by atoms with Gasteiger partial charge in [-0.15, -0.1) is 0 Å². The Hall–Kier alpha value is -0.270. The van der Waals surface area contributed by atoms with Gasteiger partial charge in [-0.25, -0.2) is 4.98 Å². The average Bonchev–Trinajstić information content (AvgIpc) is 2.14. The molecule has 1 aromatic rings. The van der Waals surface area contributed by atoms with Gasteiger partial charge >= 0.3 is 6.18 Å². The summed E-state index contributed by atoms with van der Waals surface area (Å²) in [6, 6.07) is 0. The van der Waals surface area contributed by atoms with Crippen LogP contribution >= 0.6 is 39.1 Å². The molecular weight excluding hydrogens is 370 g/mol. The molecule has 0 spiro atoms. The van der Waals surface area contributed by atoms with Crippen LogP contribution in [-0.2, 0) is 0 Å². The van der Waals surface area contributed by atoms with Crippen molar-refractivity contribution in [2.75, 3.05) is 5.32 Å². The third-order valence-corrected chi connectivity index (χ3v) is 5.22. The number of hydrogen-bond donors (Lipinski definition) is 1. The first-order valence-corrected chi connectivity index (χ1v) is 6.95. The first-order valence-electron chi connectivity index (χ1n) is 5.40. The van der Waals surface area contributed by atoms with Gasteiger partial charge in [-0.3, -0.25) is 0 Å². The van der Waals surface area contributed by atoms with Gasteiger partial charge in [0.25, 0.3) is 0 Å². The van der Waals surface area contributed by atoms with Gasteiger partial charge in [0.05, 0.1) is 9.89 Å². The van der Waals surface area contributed by atoms with E-state index in [1.807, 2.05) is 0 Å². The van der Waals surface area contributed by atoms with Gasteiger partial charge in [0, 0.05) is 5.54 Å². The lowest BCUT2D eigenvalue weighted by Crippen LogP contribution is -2.75. The predicted molar refractivity (Wildman–Crippen MR) is 68.4 cm³/mol. The number of nitrogens with zero attached hydrogens (tertiary/aromatic N) is 2. The quantitative estimate of drug-likeness (QED) is 0.612. The van der Waals surface area contributed by atoms with Crippen molar-refractivity contribution in [2.45, 2.75) is 31.0 Å². The minimum absolute atomic E-state index is 0.0483. The molecule has 0 amide bonds. The highest BCUT2D eigenvalue weighted by Gasteiger charge is 2.78. The van der Waals surface area contributed by atoms with E-state index in [1.165, 1.54) is 0 Å². The predicted octanol–water partition coefficient (Wildman–Crippen LogP) is 4.44. The summed E-state index contributed by atoms with van der Waals surface area (Å²) >= 11 is 14.7. The lowest BCUT2D eigenvalue weighted by molar-refractivity contribution is -0.327. The second-order valence-electron chi connectivity index (χ2n) is 5.16. The van der Waals surface area contributed by atoms with Crippen LogP contribution in [0.5, 0.6) is 0 Å². The van der Waals surface area contributed by atoms with Crippen molar-refractivity contribution in [1.82, 2.24) is 9.97 Å². The summed E-state index contributed by atoms with van der Waals surface area (Å²) < 4.78 is 38.6. The zero-order chi connectivity index (χ0) is 14.1. The van der Waals surface area contributed by atoms with E-state index in [1.54, 1.807) is 0 Å². The third kappa shape index (κ3) is 1.93. The van der Waals surface area contributed by atoms with Gasteiger partial charge < -0.3 is 5.32 Å². The lowest BCUT2D eigenvalue weighted by Gasteiger charge is -2.70. The largest absolute Gasteiger partial charge is 0.394 e. The Morgan fingerprint density at radius 2 is 1.74 bits per heavy atom. The third-order valence-electron chi connectivity index (χ3n) is 3.80. The molecule has 0 saturated heterocycles. The first kappa shape index (κ1) is 13.7. The molecule has 2 bridgehead atoms. The molecule has 4 rings (SSSR count). The topological polar surface area (TPSA) is 37.8 Å². The van der Waals surface area contributed by atoms with E-state index in [9.17, 15) is 13.2 Å². The van der Waals surface area contributed by atoms with Crippen molar-refractivity contribution in [2.24, 2.45) is 5.41 Å². The molecule has 3 aliphatic carbocycles. The summed E-state index contributed by atoms with van der Waals surface area (Å²) in [5.74, 6) is 0.334. The van der Waals surface area contributed by atoms with E-state index in [-0.39, 0.29) is 29.7 Å². The molecule has 0 aromatic carbocycles. The van der Waals surface area contributed by atoms with Gasteiger partial charge in [0.2, 0.25) is 5.28 Å². The maximum Gasteiger partial charge on any atom is 0.394 e. The van der Waals surface area contributed by atoms with Crippen LogP contribution in [0, 0.1) is 5.41 Å². The fraction of sp³-hybridized carbons (Fsp3) is 0.600. The molecule has 1 N–H and O–H groups in total. The second-order valence-corrected chi connectivity index (χ2v) is 6.65. The fourth-order valence-electron chi connectivity index (χ4n) is 2.95. The van der Waals surface area contributed by atoms with Crippen LogP contribution in [0.3, 0.4) is 0 Å². The van der Waals surface area contributed by atoms with Crippen LogP contribution in [0.2, 0.25) is 10.4 Å². The van der Waals surface area contributed by atoms with E-state index in [0.717, 1.165) is 0 Å². The summed E-state index contributed by atoms with van der Waals surface area (Å²) in [4.78, 5) is 7.67. The highest BCUT2D eigenvalue weighted by atomic mass is 79.9. The molecule has 3 fully saturated rings. The number of rotatable bonds is 2. The molecule has 104 valence electrons. The highest BCUT2D eigenvalue weighted by molar-refractivity contribution is 9.10. The maximum atomic E-state index is 12.7. The van der Waals surface area contributed by atoms with E-state index in [0.29, 0.717) is 10.3 Å². The Morgan fingerprint density at radius 1 is 1.16 bits per heavy atom. The van der Waals surface area contributed by atoms with E-state index in [4.69, 9.17) is 23.2 Å².